The highest BCUT2D eigenvalue weighted by Crippen LogP contribution is 2.10. The third-order valence-electron chi connectivity index (χ3n) is 1.61. The maximum absolute atomic E-state index is 4.40. The predicted molar refractivity (Wildman–Crippen MR) is 47.2 cm³/mol. The number of unbranched alkanes of at least 4 members (excludes halogenated alkanes) is 2. The van der Waals surface area contributed by atoms with E-state index in [1.165, 1.54) is 32.1 Å². The fourth-order valence-corrected chi connectivity index (χ4v) is 1.02. The van der Waals surface area contributed by atoms with Gasteiger partial charge in [-0.15, -0.1) is 0 Å². The molecule has 9 heavy (non-hydrogen) atoms. The van der Waals surface area contributed by atoms with E-state index in [1.54, 1.807) is 0 Å². The first kappa shape index (κ1) is 9.35. The first-order chi connectivity index (χ1) is 4.31. The van der Waals surface area contributed by atoms with E-state index in [-0.39, 0.29) is 0 Å². The van der Waals surface area contributed by atoms with Crippen LogP contribution in [0.4, 0.5) is 0 Å². The smallest absolute Gasteiger partial charge is 0.00141 e. The van der Waals surface area contributed by atoms with Gasteiger partial charge in [-0.05, 0) is 12.8 Å². The van der Waals surface area contributed by atoms with E-state index >= 15 is 0 Å². The summed E-state index contributed by atoms with van der Waals surface area (Å²) in [6, 6.07) is 0. The fraction of sp³-hybridized carbons (Fsp3) is 1.00. The molecule has 0 saturated heterocycles. The molecule has 0 aliphatic heterocycles. The van der Waals surface area contributed by atoms with Crippen LogP contribution in [0.1, 0.15) is 46.0 Å². The average molecular weight is 146 g/mol. The van der Waals surface area contributed by atoms with Gasteiger partial charge in [-0.1, -0.05) is 33.1 Å². The molecule has 0 heterocycles. The van der Waals surface area contributed by atoms with Crippen molar-refractivity contribution in [1.29, 1.82) is 0 Å². The molecular formula is C8H18S. The van der Waals surface area contributed by atoms with E-state index < -0.39 is 0 Å². The average Bonchev–Trinajstić information content (AvgIpc) is 1.89. The van der Waals surface area contributed by atoms with Gasteiger partial charge in [0.05, 0.1) is 0 Å². The first-order valence-corrected chi connectivity index (χ1v) is 4.51. The minimum atomic E-state index is 0.650. The second-order valence-corrected chi connectivity index (χ2v) is 3.29. The van der Waals surface area contributed by atoms with Crippen molar-refractivity contribution in [2.45, 2.75) is 51.2 Å². The van der Waals surface area contributed by atoms with Gasteiger partial charge < -0.3 is 0 Å². The Labute approximate surface area is 64.4 Å². The lowest BCUT2D eigenvalue weighted by Gasteiger charge is -2.04. The quantitative estimate of drug-likeness (QED) is 0.446. The lowest BCUT2D eigenvalue weighted by atomic mass is 10.1. The van der Waals surface area contributed by atoms with Gasteiger partial charge in [-0.2, -0.15) is 12.6 Å². The summed E-state index contributed by atoms with van der Waals surface area (Å²) in [6.07, 6.45) is 6.57. The topological polar surface area (TPSA) is 0 Å². The molecule has 56 valence electrons. The Morgan fingerprint density at radius 2 is 1.89 bits per heavy atom. The van der Waals surface area contributed by atoms with Crippen molar-refractivity contribution in [2.75, 3.05) is 0 Å². The van der Waals surface area contributed by atoms with Crippen LogP contribution >= 0.6 is 12.6 Å². The molecule has 0 aromatic rings. The third-order valence-corrected chi connectivity index (χ3v) is 2.24. The van der Waals surface area contributed by atoms with Gasteiger partial charge in [-0.3, -0.25) is 0 Å². The summed E-state index contributed by atoms with van der Waals surface area (Å²) in [5.41, 5.74) is 0. The summed E-state index contributed by atoms with van der Waals surface area (Å²) < 4.78 is 0. The summed E-state index contributed by atoms with van der Waals surface area (Å²) >= 11 is 4.40. The Hall–Kier alpha value is 0.350. The molecule has 0 bridgehead atoms. The van der Waals surface area contributed by atoms with Gasteiger partial charge in [-0.25, -0.2) is 0 Å². The Bertz CT molecular complexity index is 52.5. The number of hydrogen-bond acceptors (Lipinski definition) is 1. The molecule has 0 amide bonds. The van der Waals surface area contributed by atoms with Crippen molar-refractivity contribution in [1.82, 2.24) is 0 Å². The van der Waals surface area contributed by atoms with Gasteiger partial charge in [0.1, 0.15) is 0 Å². The standard InChI is InChI=1S/C8H18S/c1-3-5-6-7-8(9)4-2/h8-9H,3-7H2,1-2H3/t8-/m1/s1. The van der Waals surface area contributed by atoms with E-state index in [0.29, 0.717) is 5.25 Å². The normalized spacial score (nSPS) is 13.7. The minimum Gasteiger partial charge on any atom is -0.176 e. The van der Waals surface area contributed by atoms with Gasteiger partial charge in [0, 0.05) is 5.25 Å². The molecule has 0 aromatic heterocycles. The van der Waals surface area contributed by atoms with E-state index in [2.05, 4.69) is 26.5 Å². The van der Waals surface area contributed by atoms with E-state index in [0.717, 1.165) is 0 Å². The summed E-state index contributed by atoms with van der Waals surface area (Å²) in [5.74, 6) is 0. The molecule has 0 nitrogen and oxygen atoms in total. The van der Waals surface area contributed by atoms with E-state index in [4.69, 9.17) is 0 Å². The molecule has 1 atom stereocenters. The second-order valence-electron chi connectivity index (χ2n) is 2.56. The molecule has 0 rings (SSSR count). The molecule has 0 fully saturated rings. The molecule has 1 heteroatoms. The number of hydrogen-bond donors (Lipinski definition) is 1. The molecule has 0 aliphatic carbocycles. The Balaban J connectivity index is 2.88. The molecule has 0 spiro atoms. The predicted octanol–water partition coefficient (Wildman–Crippen LogP) is 3.28. The summed E-state index contributed by atoms with van der Waals surface area (Å²) in [7, 11) is 0. The zero-order valence-corrected chi connectivity index (χ0v) is 7.45. The lowest BCUT2D eigenvalue weighted by Crippen LogP contribution is -1.94. The highest BCUT2D eigenvalue weighted by Gasteiger charge is 1.96. The van der Waals surface area contributed by atoms with Gasteiger partial charge in [0.25, 0.3) is 0 Å². The van der Waals surface area contributed by atoms with E-state index in [9.17, 15) is 0 Å². The highest BCUT2D eigenvalue weighted by molar-refractivity contribution is 7.80. The van der Waals surface area contributed by atoms with Crippen molar-refractivity contribution in [2.24, 2.45) is 0 Å². The van der Waals surface area contributed by atoms with Gasteiger partial charge >= 0.3 is 0 Å². The van der Waals surface area contributed by atoms with Crippen molar-refractivity contribution in [3.05, 3.63) is 0 Å². The van der Waals surface area contributed by atoms with Crippen LogP contribution in [0.5, 0.6) is 0 Å². The highest BCUT2D eigenvalue weighted by atomic mass is 32.1. The van der Waals surface area contributed by atoms with Crippen molar-refractivity contribution >= 4 is 12.6 Å². The van der Waals surface area contributed by atoms with Crippen molar-refractivity contribution in [3.63, 3.8) is 0 Å². The molecule has 0 aromatic carbocycles. The fourth-order valence-electron chi connectivity index (χ4n) is 0.834. The number of thiol groups is 1. The minimum absolute atomic E-state index is 0.650. The SMILES string of the molecule is CCCCC[C@H](S)CC. The Morgan fingerprint density at radius 3 is 2.33 bits per heavy atom. The van der Waals surface area contributed by atoms with Gasteiger partial charge in [0.15, 0.2) is 0 Å². The maximum Gasteiger partial charge on any atom is 0.00141 e. The Morgan fingerprint density at radius 1 is 1.22 bits per heavy atom. The van der Waals surface area contributed by atoms with Crippen LogP contribution in [0.15, 0.2) is 0 Å². The third kappa shape index (κ3) is 6.23. The molecule has 0 unspecified atom stereocenters. The van der Waals surface area contributed by atoms with Gasteiger partial charge in [0.2, 0.25) is 0 Å². The van der Waals surface area contributed by atoms with Crippen LogP contribution in [-0.4, -0.2) is 5.25 Å². The van der Waals surface area contributed by atoms with Crippen LogP contribution in [0, 0.1) is 0 Å². The molecule has 0 radical (unpaired) electrons. The summed E-state index contributed by atoms with van der Waals surface area (Å²) in [4.78, 5) is 0. The monoisotopic (exact) mass is 146 g/mol. The van der Waals surface area contributed by atoms with Crippen LogP contribution in [-0.2, 0) is 0 Å². The van der Waals surface area contributed by atoms with Crippen molar-refractivity contribution < 1.29 is 0 Å². The summed E-state index contributed by atoms with van der Waals surface area (Å²) in [6.45, 7) is 4.43. The zero-order chi connectivity index (χ0) is 7.11. The van der Waals surface area contributed by atoms with Crippen LogP contribution in [0.25, 0.3) is 0 Å². The summed E-state index contributed by atoms with van der Waals surface area (Å²) in [5, 5.41) is 0.650. The first-order valence-electron chi connectivity index (χ1n) is 3.99. The van der Waals surface area contributed by atoms with Crippen molar-refractivity contribution in [3.8, 4) is 0 Å². The molecule has 0 saturated carbocycles. The maximum atomic E-state index is 4.40. The molecular weight excluding hydrogens is 128 g/mol. The lowest BCUT2D eigenvalue weighted by molar-refractivity contribution is 0.638. The van der Waals surface area contributed by atoms with Crippen LogP contribution < -0.4 is 0 Å². The van der Waals surface area contributed by atoms with Crippen LogP contribution in [0.2, 0.25) is 0 Å². The molecule has 0 N–H and O–H groups in total. The van der Waals surface area contributed by atoms with Crippen LogP contribution in [0.3, 0.4) is 0 Å². The Kier molecular flexibility index (Phi) is 6.72. The second kappa shape index (κ2) is 6.47. The largest absolute Gasteiger partial charge is 0.176 e. The zero-order valence-electron chi connectivity index (χ0n) is 6.56. The molecule has 0 aliphatic rings. The van der Waals surface area contributed by atoms with E-state index in [1.807, 2.05) is 0 Å². The number of rotatable bonds is 5.